The van der Waals surface area contributed by atoms with Gasteiger partial charge >= 0.3 is 0 Å². The van der Waals surface area contributed by atoms with Gasteiger partial charge in [0.1, 0.15) is 36.2 Å². The molecular weight excluding hydrogens is 437 g/mol. The van der Waals surface area contributed by atoms with Gasteiger partial charge in [-0.15, -0.1) is 0 Å². The Labute approximate surface area is 205 Å². The first-order chi connectivity index (χ1) is 17.0. The number of hydrogen-bond acceptors (Lipinski definition) is 1. The summed E-state index contributed by atoms with van der Waals surface area (Å²) in [6.45, 7) is 2.81. The van der Waals surface area contributed by atoms with Gasteiger partial charge in [-0.2, -0.15) is 0 Å². The lowest BCUT2D eigenvalue weighted by Crippen LogP contribution is -2.47. The molecule has 5 rings (SSSR count). The Morgan fingerprint density at radius 2 is 1.57 bits per heavy atom. The third kappa shape index (κ3) is 4.16. The van der Waals surface area contributed by atoms with Crippen LogP contribution in [-0.4, -0.2) is 10.5 Å². The van der Waals surface area contributed by atoms with Crippen LogP contribution in [0.5, 0.6) is 0 Å². The molecule has 1 saturated carbocycles. The van der Waals surface area contributed by atoms with E-state index in [0.717, 1.165) is 41.8 Å². The van der Waals surface area contributed by atoms with Crippen molar-refractivity contribution in [3.8, 4) is 0 Å². The number of carbonyl (C=O) groups is 1. The summed E-state index contributed by atoms with van der Waals surface area (Å²) in [6, 6.07) is 26.9. The zero-order valence-corrected chi connectivity index (χ0v) is 20.0. The van der Waals surface area contributed by atoms with Gasteiger partial charge in [0.2, 0.25) is 5.91 Å². The van der Waals surface area contributed by atoms with Crippen molar-refractivity contribution in [2.45, 2.75) is 44.2 Å². The summed E-state index contributed by atoms with van der Waals surface area (Å²) in [5, 5.41) is 0. The molecule has 0 unspecified atom stereocenters. The van der Waals surface area contributed by atoms with Gasteiger partial charge in [-0.05, 0) is 54.0 Å². The number of imidazole rings is 1. The van der Waals surface area contributed by atoms with Crippen molar-refractivity contribution in [3.63, 3.8) is 0 Å². The molecule has 4 nitrogen and oxygen atoms in total. The van der Waals surface area contributed by atoms with Crippen LogP contribution in [0.25, 0.3) is 0 Å². The third-order valence-corrected chi connectivity index (χ3v) is 7.72. The zero-order chi connectivity index (χ0) is 24.4. The number of amides is 1. The fourth-order valence-corrected chi connectivity index (χ4v) is 5.99. The predicted octanol–water partition coefficient (Wildman–Crippen LogP) is 5.08. The minimum atomic E-state index is -0.873. The van der Waals surface area contributed by atoms with E-state index in [4.69, 9.17) is 5.73 Å². The van der Waals surface area contributed by atoms with Crippen LogP contribution in [0.2, 0.25) is 0 Å². The Morgan fingerprint density at radius 3 is 2.14 bits per heavy atom. The molecule has 4 aromatic rings. The van der Waals surface area contributed by atoms with Crippen LogP contribution in [0.4, 0.5) is 4.39 Å². The SMILES string of the molecule is Cc1n([C@@H]2CC[C@H](C(C(N)=O)(c3ccccc3)c3ccccc3)C2)cc[n+]1Cc1ccc(F)cc1. The van der Waals surface area contributed by atoms with Crippen LogP contribution in [0.15, 0.2) is 97.3 Å². The molecule has 0 saturated heterocycles. The molecule has 1 aliphatic carbocycles. The van der Waals surface area contributed by atoms with Crippen LogP contribution in [0, 0.1) is 18.7 Å². The van der Waals surface area contributed by atoms with Crippen LogP contribution in [-0.2, 0) is 16.8 Å². The second kappa shape index (κ2) is 9.49. The molecule has 5 heteroatoms. The topological polar surface area (TPSA) is 51.9 Å². The zero-order valence-electron chi connectivity index (χ0n) is 20.0. The van der Waals surface area contributed by atoms with Gasteiger partial charge < -0.3 is 5.73 Å². The molecule has 2 N–H and O–H groups in total. The van der Waals surface area contributed by atoms with Crippen molar-refractivity contribution < 1.29 is 13.8 Å². The van der Waals surface area contributed by atoms with Gasteiger partial charge in [0.05, 0.1) is 0 Å². The number of halogens is 1. The van der Waals surface area contributed by atoms with Crippen LogP contribution < -0.4 is 10.3 Å². The van der Waals surface area contributed by atoms with Gasteiger partial charge in [-0.1, -0.05) is 72.8 Å². The van der Waals surface area contributed by atoms with E-state index in [2.05, 4.69) is 28.5 Å². The minimum Gasteiger partial charge on any atom is -0.369 e. The highest BCUT2D eigenvalue weighted by molar-refractivity contribution is 5.91. The van der Waals surface area contributed by atoms with Gasteiger partial charge in [-0.25, -0.2) is 13.5 Å². The molecule has 1 amide bonds. The molecule has 0 radical (unpaired) electrons. The van der Waals surface area contributed by atoms with Crippen molar-refractivity contribution in [2.75, 3.05) is 0 Å². The number of benzene rings is 3. The summed E-state index contributed by atoms with van der Waals surface area (Å²) >= 11 is 0. The molecule has 1 heterocycles. The normalized spacial score (nSPS) is 18.0. The minimum absolute atomic E-state index is 0.0853. The monoisotopic (exact) mass is 468 g/mol. The van der Waals surface area contributed by atoms with E-state index in [-0.39, 0.29) is 23.7 Å². The molecule has 0 aliphatic heterocycles. The van der Waals surface area contributed by atoms with E-state index in [0.29, 0.717) is 6.54 Å². The van der Waals surface area contributed by atoms with Gasteiger partial charge in [0.25, 0.3) is 5.82 Å². The van der Waals surface area contributed by atoms with Crippen molar-refractivity contribution in [1.29, 1.82) is 0 Å². The lowest BCUT2D eigenvalue weighted by molar-refractivity contribution is -0.694. The molecule has 0 bridgehead atoms. The maximum Gasteiger partial charge on any atom is 0.253 e. The van der Waals surface area contributed by atoms with Gasteiger partial charge in [0, 0.05) is 6.92 Å². The Hall–Kier alpha value is -3.73. The summed E-state index contributed by atoms with van der Waals surface area (Å²) in [5.74, 6) is 0.710. The Kier molecular flexibility index (Phi) is 6.25. The molecular formula is C30H31FN3O+. The average Bonchev–Trinajstić information content (AvgIpc) is 3.49. The first-order valence-corrected chi connectivity index (χ1v) is 12.2. The van der Waals surface area contributed by atoms with Gasteiger partial charge in [-0.3, -0.25) is 4.79 Å². The maximum absolute atomic E-state index is 13.3. The largest absolute Gasteiger partial charge is 0.369 e. The predicted molar refractivity (Wildman–Crippen MR) is 134 cm³/mol. The standard InChI is InChI=1S/C30H30FN3O/c1-22-33(21-23-12-15-27(31)16-13-23)18-19-34(22)28-17-14-26(20-28)30(29(32)35,24-8-4-2-5-9-24)25-10-6-3-7-11-25/h2-13,15-16,18-19,26,28H,14,17,20-21H2,1H3,(H-,32,35)/p+1/t26-,28+/m0/s1. The number of primary amides is 1. The Bertz CT molecular complexity index is 1260. The van der Waals surface area contributed by atoms with Crippen molar-refractivity contribution >= 4 is 5.91 Å². The molecule has 35 heavy (non-hydrogen) atoms. The van der Waals surface area contributed by atoms with E-state index in [9.17, 15) is 9.18 Å². The molecule has 2 atom stereocenters. The average molecular weight is 469 g/mol. The van der Waals surface area contributed by atoms with E-state index < -0.39 is 5.41 Å². The van der Waals surface area contributed by atoms with E-state index in [1.807, 2.05) is 72.8 Å². The molecule has 1 aliphatic rings. The number of nitrogens with two attached hydrogens (primary N) is 1. The Morgan fingerprint density at radius 1 is 0.971 bits per heavy atom. The highest BCUT2D eigenvalue weighted by Gasteiger charge is 2.51. The quantitative estimate of drug-likeness (QED) is 0.378. The maximum atomic E-state index is 13.3. The molecule has 3 aromatic carbocycles. The first-order valence-electron chi connectivity index (χ1n) is 12.2. The second-order valence-electron chi connectivity index (χ2n) is 9.58. The molecule has 0 spiro atoms. The second-order valence-corrected chi connectivity index (χ2v) is 9.58. The summed E-state index contributed by atoms with van der Waals surface area (Å²) in [7, 11) is 0. The Balaban J connectivity index is 1.47. The number of carbonyl (C=O) groups excluding carboxylic acids is 1. The summed E-state index contributed by atoms with van der Waals surface area (Å²) in [6.07, 6.45) is 6.96. The number of nitrogens with zero attached hydrogens (tertiary/aromatic N) is 2. The smallest absolute Gasteiger partial charge is 0.253 e. The van der Waals surface area contributed by atoms with Crippen molar-refractivity contribution in [1.82, 2.24) is 4.57 Å². The van der Waals surface area contributed by atoms with E-state index >= 15 is 0 Å². The van der Waals surface area contributed by atoms with Crippen molar-refractivity contribution in [2.24, 2.45) is 11.7 Å². The first kappa shape index (κ1) is 23.0. The summed E-state index contributed by atoms with van der Waals surface area (Å²) in [5.41, 5.74) is 8.36. The highest BCUT2D eigenvalue weighted by Crippen LogP contribution is 2.49. The lowest BCUT2D eigenvalue weighted by Gasteiger charge is -2.37. The molecule has 1 fully saturated rings. The molecule has 178 valence electrons. The van der Waals surface area contributed by atoms with Gasteiger partial charge in [0.15, 0.2) is 0 Å². The van der Waals surface area contributed by atoms with E-state index in [1.54, 1.807) is 0 Å². The van der Waals surface area contributed by atoms with Crippen LogP contribution >= 0.6 is 0 Å². The van der Waals surface area contributed by atoms with Crippen LogP contribution in [0.1, 0.15) is 47.8 Å². The highest BCUT2D eigenvalue weighted by atomic mass is 19.1. The fourth-order valence-electron chi connectivity index (χ4n) is 5.99. The fraction of sp³-hybridized carbons (Fsp3) is 0.267. The van der Waals surface area contributed by atoms with Crippen molar-refractivity contribution in [3.05, 3.63) is 126 Å². The number of rotatable bonds is 7. The third-order valence-electron chi connectivity index (χ3n) is 7.72. The number of hydrogen-bond donors (Lipinski definition) is 1. The summed E-state index contributed by atoms with van der Waals surface area (Å²) in [4.78, 5) is 13.3. The van der Waals surface area contributed by atoms with Crippen LogP contribution in [0.3, 0.4) is 0 Å². The number of aromatic nitrogens is 2. The molecule has 1 aromatic heterocycles. The lowest BCUT2D eigenvalue weighted by atomic mass is 9.64. The van der Waals surface area contributed by atoms with E-state index in [1.165, 1.54) is 12.1 Å². The summed E-state index contributed by atoms with van der Waals surface area (Å²) < 4.78 is 17.8.